The number of carbonyl (C=O) groups excluding carboxylic acids is 1. The van der Waals surface area contributed by atoms with Crippen LogP contribution in [-0.2, 0) is 4.79 Å². The van der Waals surface area contributed by atoms with Gasteiger partial charge in [-0.15, -0.1) is 0 Å². The molecule has 0 aromatic heterocycles. The van der Waals surface area contributed by atoms with Gasteiger partial charge in [-0.05, 0) is 31.1 Å². The van der Waals surface area contributed by atoms with Crippen molar-refractivity contribution in [2.24, 2.45) is 11.3 Å². The fourth-order valence-electron chi connectivity index (χ4n) is 1.46. The van der Waals surface area contributed by atoms with E-state index >= 15 is 0 Å². The van der Waals surface area contributed by atoms with E-state index < -0.39 is 5.97 Å². The first-order valence-corrected chi connectivity index (χ1v) is 6.89. The number of carboxylic acid groups (broad SMARTS) is 1. The first kappa shape index (κ1) is 17.7. The lowest BCUT2D eigenvalue weighted by Gasteiger charge is -2.27. The average molecular weight is 272 g/mol. The average Bonchev–Trinajstić information content (AvgIpc) is 2.23. The predicted molar refractivity (Wildman–Crippen MR) is 76.1 cm³/mol. The number of nitrogens with one attached hydrogen (secondary N) is 2. The van der Waals surface area contributed by atoms with Crippen LogP contribution in [0.4, 0.5) is 4.79 Å². The number of urea groups is 1. The molecule has 0 aromatic rings. The Labute approximate surface area is 116 Å². The van der Waals surface area contributed by atoms with Gasteiger partial charge in [0.05, 0.1) is 0 Å². The highest BCUT2D eigenvalue weighted by Gasteiger charge is 2.20. The quantitative estimate of drug-likeness (QED) is 0.666. The largest absolute Gasteiger partial charge is 0.481 e. The normalized spacial score (nSPS) is 14.6. The smallest absolute Gasteiger partial charge is 0.315 e. The lowest BCUT2D eigenvalue weighted by Crippen LogP contribution is -2.43. The van der Waals surface area contributed by atoms with E-state index in [0.717, 1.165) is 0 Å². The van der Waals surface area contributed by atoms with Gasteiger partial charge in [-0.1, -0.05) is 27.7 Å². The second-order valence-corrected chi connectivity index (χ2v) is 6.31. The van der Waals surface area contributed by atoms with E-state index in [1.165, 1.54) is 0 Å². The lowest BCUT2D eigenvalue weighted by molar-refractivity contribution is -0.137. The van der Waals surface area contributed by atoms with Gasteiger partial charge in [0, 0.05) is 19.0 Å². The number of hydrogen-bond donors (Lipinski definition) is 3. The van der Waals surface area contributed by atoms with E-state index in [1.807, 2.05) is 6.92 Å². The van der Waals surface area contributed by atoms with E-state index in [1.54, 1.807) is 0 Å². The van der Waals surface area contributed by atoms with E-state index in [4.69, 9.17) is 5.11 Å². The van der Waals surface area contributed by atoms with Crippen LogP contribution in [-0.4, -0.2) is 29.7 Å². The molecular formula is C14H28N2O3. The number of aliphatic carboxylic acids is 1. The van der Waals surface area contributed by atoms with Gasteiger partial charge < -0.3 is 15.7 Å². The molecule has 2 atom stereocenters. The minimum atomic E-state index is -0.796. The first-order chi connectivity index (χ1) is 8.62. The Morgan fingerprint density at radius 3 is 2.26 bits per heavy atom. The zero-order valence-corrected chi connectivity index (χ0v) is 12.7. The fraction of sp³-hybridized carbons (Fsp3) is 0.857. The molecule has 0 aromatic carbocycles. The SMILES string of the molecule is CC(CCCC(=O)O)NC(=O)NCC(C)C(C)(C)C. The van der Waals surface area contributed by atoms with Crippen molar-refractivity contribution >= 4 is 12.0 Å². The molecule has 5 heteroatoms. The second-order valence-electron chi connectivity index (χ2n) is 6.31. The fourth-order valence-corrected chi connectivity index (χ4v) is 1.46. The molecule has 0 bridgehead atoms. The molecule has 2 unspecified atom stereocenters. The van der Waals surface area contributed by atoms with Gasteiger partial charge in [0.1, 0.15) is 0 Å². The molecule has 19 heavy (non-hydrogen) atoms. The number of carboxylic acids is 1. The van der Waals surface area contributed by atoms with Gasteiger partial charge in [-0.25, -0.2) is 4.79 Å². The third-order valence-corrected chi connectivity index (χ3v) is 3.45. The Balaban J connectivity index is 3.82. The molecule has 5 nitrogen and oxygen atoms in total. The van der Waals surface area contributed by atoms with Crippen LogP contribution >= 0.6 is 0 Å². The predicted octanol–water partition coefficient (Wildman–Crippen LogP) is 2.61. The molecule has 0 aliphatic heterocycles. The topological polar surface area (TPSA) is 78.4 Å². The van der Waals surface area contributed by atoms with Gasteiger partial charge in [0.15, 0.2) is 0 Å². The lowest BCUT2D eigenvalue weighted by atomic mass is 9.82. The molecule has 0 spiro atoms. The summed E-state index contributed by atoms with van der Waals surface area (Å²) < 4.78 is 0. The Bertz CT molecular complexity index is 298. The number of carbonyl (C=O) groups is 2. The van der Waals surface area contributed by atoms with Gasteiger partial charge in [0.25, 0.3) is 0 Å². The molecule has 3 N–H and O–H groups in total. The summed E-state index contributed by atoms with van der Waals surface area (Å²) in [7, 11) is 0. The summed E-state index contributed by atoms with van der Waals surface area (Å²) in [6, 6.07) is -0.191. The van der Waals surface area contributed by atoms with E-state index in [0.29, 0.717) is 25.3 Å². The summed E-state index contributed by atoms with van der Waals surface area (Å²) in [5, 5.41) is 14.2. The van der Waals surface area contributed by atoms with E-state index in [2.05, 4.69) is 38.3 Å². The Kier molecular flexibility index (Phi) is 7.49. The van der Waals surface area contributed by atoms with E-state index in [9.17, 15) is 9.59 Å². The number of rotatable bonds is 7. The van der Waals surface area contributed by atoms with Crippen LogP contribution < -0.4 is 10.6 Å². The third-order valence-electron chi connectivity index (χ3n) is 3.45. The van der Waals surface area contributed by atoms with Crippen molar-refractivity contribution in [3.63, 3.8) is 0 Å². The van der Waals surface area contributed by atoms with Crippen LogP contribution in [0, 0.1) is 11.3 Å². The highest BCUT2D eigenvalue weighted by molar-refractivity contribution is 5.74. The highest BCUT2D eigenvalue weighted by Crippen LogP contribution is 2.24. The van der Waals surface area contributed by atoms with Crippen LogP contribution in [0.15, 0.2) is 0 Å². The highest BCUT2D eigenvalue weighted by atomic mass is 16.4. The minimum Gasteiger partial charge on any atom is -0.481 e. The van der Waals surface area contributed by atoms with Crippen molar-refractivity contribution < 1.29 is 14.7 Å². The first-order valence-electron chi connectivity index (χ1n) is 6.89. The molecule has 112 valence electrons. The molecule has 2 amide bonds. The summed E-state index contributed by atoms with van der Waals surface area (Å²) >= 11 is 0. The molecule has 0 saturated carbocycles. The summed E-state index contributed by atoms with van der Waals surface area (Å²) in [4.78, 5) is 22.0. The van der Waals surface area contributed by atoms with Crippen molar-refractivity contribution in [3.8, 4) is 0 Å². The molecule has 0 radical (unpaired) electrons. The molecule has 0 fully saturated rings. The van der Waals surface area contributed by atoms with Gasteiger partial charge >= 0.3 is 12.0 Å². The van der Waals surface area contributed by atoms with Crippen molar-refractivity contribution in [2.75, 3.05) is 6.54 Å². The minimum absolute atomic E-state index is 0.00991. The maximum atomic E-state index is 11.6. The Morgan fingerprint density at radius 2 is 1.79 bits per heavy atom. The maximum absolute atomic E-state index is 11.6. The monoisotopic (exact) mass is 272 g/mol. The standard InChI is InChI=1S/C14H28N2O3/c1-10(14(3,4)5)9-15-13(19)16-11(2)7-6-8-12(17)18/h10-11H,6-9H2,1-5H3,(H,17,18)(H2,15,16,19). The molecule has 0 aliphatic carbocycles. The zero-order valence-electron chi connectivity index (χ0n) is 12.7. The zero-order chi connectivity index (χ0) is 15.1. The van der Waals surface area contributed by atoms with Gasteiger partial charge in [-0.3, -0.25) is 4.79 Å². The van der Waals surface area contributed by atoms with Crippen molar-refractivity contribution in [3.05, 3.63) is 0 Å². The molecule has 0 saturated heterocycles. The van der Waals surface area contributed by atoms with Gasteiger partial charge in [0.2, 0.25) is 0 Å². The van der Waals surface area contributed by atoms with Crippen molar-refractivity contribution in [2.45, 2.75) is 59.9 Å². The Morgan fingerprint density at radius 1 is 1.21 bits per heavy atom. The van der Waals surface area contributed by atoms with Gasteiger partial charge in [-0.2, -0.15) is 0 Å². The number of amides is 2. The Hall–Kier alpha value is -1.26. The van der Waals surface area contributed by atoms with Crippen molar-refractivity contribution in [1.29, 1.82) is 0 Å². The summed E-state index contributed by atoms with van der Waals surface area (Å²) in [6.45, 7) is 11.1. The summed E-state index contributed by atoms with van der Waals surface area (Å²) in [5.74, 6) is -0.406. The van der Waals surface area contributed by atoms with Crippen LogP contribution in [0.2, 0.25) is 0 Å². The molecular weight excluding hydrogens is 244 g/mol. The van der Waals surface area contributed by atoms with Crippen LogP contribution in [0.5, 0.6) is 0 Å². The van der Waals surface area contributed by atoms with Crippen LogP contribution in [0.3, 0.4) is 0 Å². The third kappa shape index (κ3) is 9.33. The summed E-state index contributed by atoms with van der Waals surface area (Å²) in [5.41, 5.74) is 0.167. The summed E-state index contributed by atoms with van der Waals surface area (Å²) in [6.07, 6.45) is 1.40. The van der Waals surface area contributed by atoms with Crippen LogP contribution in [0.1, 0.15) is 53.9 Å². The van der Waals surface area contributed by atoms with Crippen LogP contribution in [0.25, 0.3) is 0 Å². The van der Waals surface area contributed by atoms with Crippen molar-refractivity contribution in [1.82, 2.24) is 10.6 Å². The maximum Gasteiger partial charge on any atom is 0.315 e. The number of hydrogen-bond acceptors (Lipinski definition) is 2. The molecule has 0 heterocycles. The molecule has 0 rings (SSSR count). The molecule has 0 aliphatic rings. The van der Waals surface area contributed by atoms with E-state index in [-0.39, 0.29) is 23.9 Å². The second kappa shape index (κ2) is 8.02.